The number of fused-ring (bicyclic) bond motifs is 3. The fourth-order valence-corrected chi connectivity index (χ4v) is 4.75. The molecule has 3 saturated carbocycles. The van der Waals surface area contributed by atoms with Crippen LogP contribution in [0.3, 0.4) is 0 Å². The normalized spacial score (nSPS) is 28.0. The number of nitrogens with two attached hydrogens (primary N) is 1. The van der Waals surface area contributed by atoms with Gasteiger partial charge in [-0.1, -0.05) is 12.1 Å². The molecule has 3 aliphatic carbocycles. The van der Waals surface area contributed by atoms with Crippen molar-refractivity contribution in [2.75, 3.05) is 13.7 Å². The second kappa shape index (κ2) is 8.31. The summed E-state index contributed by atoms with van der Waals surface area (Å²) in [6, 6.07) is 7.81. The first-order chi connectivity index (χ1) is 12.9. The van der Waals surface area contributed by atoms with Crippen molar-refractivity contribution in [1.82, 2.24) is 5.32 Å². The molecule has 6 nitrogen and oxygen atoms in total. The number of methoxy groups -OCH3 is 1. The van der Waals surface area contributed by atoms with E-state index < -0.39 is 13.1 Å². The predicted molar refractivity (Wildman–Crippen MR) is 105 cm³/mol. The van der Waals surface area contributed by atoms with Crippen LogP contribution in [-0.4, -0.2) is 48.3 Å². The molecule has 7 heteroatoms. The number of amides is 1. The van der Waals surface area contributed by atoms with E-state index in [0.717, 1.165) is 38.5 Å². The van der Waals surface area contributed by atoms with Gasteiger partial charge in [-0.3, -0.25) is 4.79 Å². The summed E-state index contributed by atoms with van der Waals surface area (Å²) >= 11 is 0. The van der Waals surface area contributed by atoms with Gasteiger partial charge in [0.25, 0.3) is 5.91 Å². The van der Waals surface area contributed by atoms with E-state index >= 15 is 0 Å². The Kier molecular flexibility index (Phi) is 6.26. The molecule has 1 aromatic carbocycles. The molecule has 2 bridgehead atoms. The third kappa shape index (κ3) is 4.21. The van der Waals surface area contributed by atoms with Crippen molar-refractivity contribution in [3.05, 3.63) is 35.4 Å². The Hall–Kier alpha value is -1.41. The van der Waals surface area contributed by atoms with Crippen molar-refractivity contribution in [2.45, 2.75) is 68.3 Å². The molecule has 3 fully saturated rings. The van der Waals surface area contributed by atoms with Crippen LogP contribution in [0.25, 0.3) is 0 Å². The molecule has 1 amide bonds. The zero-order valence-electron chi connectivity index (χ0n) is 16.1. The molecule has 3 aliphatic rings. The van der Waals surface area contributed by atoms with E-state index in [1.54, 1.807) is 0 Å². The quantitative estimate of drug-likeness (QED) is 0.517. The maximum absolute atomic E-state index is 12.5. The van der Waals surface area contributed by atoms with Gasteiger partial charge in [-0.25, -0.2) is 0 Å². The van der Waals surface area contributed by atoms with Gasteiger partial charge in [0.15, 0.2) is 0 Å². The molecule has 148 valence electrons. The van der Waals surface area contributed by atoms with Crippen LogP contribution in [0.2, 0.25) is 0 Å². The summed E-state index contributed by atoms with van der Waals surface area (Å²) in [5.41, 5.74) is 7.60. The molecule has 0 unspecified atom stereocenters. The summed E-state index contributed by atoms with van der Waals surface area (Å²) < 4.78 is 5.78. The van der Waals surface area contributed by atoms with Crippen molar-refractivity contribution >= 4 is 13.0 Å². The van der Waals surface area contributed by atoms with E-state index in [1.807, 2.05) is 19.2 Å². The zero-order valence-corrected chi connectivity index (χ0v) is 16.1. The van der Waals surface area contributed by atoms with Crippen LogP contribution in [-0.2, 0) is 10.2 Å². The fraction of sp³-hybridized carbons (Fsp3) is 0.650. The minimum absolute atomic E-state index is 0.0885. The van der Waals surface area contributed by atoms with Crippen molar-refractivity contribution in [3.63, 3.8) is 0 Å². The average molecular weight is 374 g/mol. The monoisotopic (exact) mass is 374 g/mol. The molecule has 27 heavy (non-hydrogen) atoms. The maximum atomic E-state index is 12.5. The number of rotatable bonds is 8. The number of hydrogen-bond acceptors (Lipinski definition) is 5. The molecule has 0 saturated heterocycles. The Bertz CT molecular complexity index is 625. The lowest BCUT2D eigenvalue weighted by Crippen LogP contribution is -2.49. The Labute approximate surface area is 161 Å². The topological polar surface area (TPSA) is 105 Å². The molecule has 0 heterocycles. The zero-order chi connectivity index (χ0) is 19.5. The Morgan fingerprint density at radius 3 is 2.26 bits per heavy atom. The largest absolute Gasteiger partial charge is 0.475 e. The van der Waals surface area contributed by atoms with E-state index in [2.05, 4.69) is 17.4 Å². The van der Waals surface area contributed by atoms with Crippen LogP contribution in [0.15, 0.2) is 24.3 Å². The third-order valence-corrected chi connectivity index (χ3v) is 6.77. The van der Waals surface area contributed by atoms with Crippen LogP contribution in [0, 0.1) is 0 Å². The average Bonchev–Trinajstić information content (AvgIpc) is 2.72. The summed E-state index contributed by atoms with van der Waals surface area (Å²) in [7, 11) is 0.236. The number of ether oxygens (including phenoxy) is 1. The molecule has 1 atom stereocenters. The molecule has 4 rings (SSSR count). The molecule has 0 spiro atoms. The molecule has 0 aromatic heterocycles. The van der Waals surface area contributed by atoms with Crippen LogP contribution in [0.1, 0.15) is 67.3 Å². The van der Waals surface area contributed by atoms with E-state index in [0.29, 0.717) is 24.9 Å². The summed E-state index contributed by atoms with van der Waals surface area (Å²) in [6.07, 6.45) is 7.74. The van der Waals surface area contributed by atoms with Crippen molar-refractivity contribution < 1.29 is 19.6 Å². The highest BCUT2D eigenvalue weighted by Crippen LogP contribution is 2.54. The predicted octanol–water partition coefficient (Wildman–Crippen LogP) is 1.53. The van der Waals surface area contributed by atoms with E-state index in [-0.39, 0.29) is 16.9 Å². The molecule has 5 N–H and O–H groups in total. The molecular weight excluding hydrogens is 343 g/mol. The first-order valence-electron chi connectivity index (χ1n) is 9.96. The number of hydrogen-bond donors (Lipinski definition) is 4. The second-order valence-electron chi connectivity index (χ2n) is 8.17. The lowest BCUT2D eigenvalue weighted by Gasteiger charge is -2.53. The van der Waals surface area contributed by atoms with E-state index in [1.165, 1.54) is 5.56 Å². The minimum atomic E-state index is -1.59. The number of benzene rings is 1. The lowest BCUT2D eigenvalue weighted by atomic mass is 9.56. The lowest BCUT2D eigenvalue weighted by molar-refractivity contribution is -0.0955. The molecule has 1 aromatic rings. The maximum Gasteiger partial charge on any atom is 0.475 e. The van der Waals surface area contributed by atoms with Crippen molar-refractivity contribution in [2.24, 2.45) is 5.73 Å². The van der Waals surface area contributed by atoms with Crippen molar-refractivity contribution in [1.29, 1.82) is 0 Å². The summed E-state index contributed by atoms with van der Waals surface area (Å²) in [5.74, 6) is -1.00. The van der Waals surface area contributed by atoms with Crippen LogP contribution >= 0.6 is 0 Å². The number of carbonyl (C=O) groups is 1. The third-order valence-electron chi connectivity index (χ3n) is 6.77. The van der Waals surface area contributed by atoms with Crippen LogP contribution < -0.4 is 11.1 Å². The van der Waals surface area contributed by atoms with Gasteiger partial charge in [0.05, 0.1) is 11.5 Å². The van der Waals surface area contributed by atoms with E-state index in [4.69, 9.17) is 10.5 Å². The van der Waals surface area contributed by atoms with Gasteiger partial charge in [-0.2, -0.15) is 0 Å². The summed E-state index contributed by atoms with van der Waals surface area (Å²) in [5, 5.41) is 21.6. The molecule has 0 radical (unpaired) electrons. The first-order valence-corrected chi connectivity index (χ1v) is 9.96. The summed E-state index contributed by atoms with van der Waals surface area (Å²) in [4.78, 5) is 12.5. The SMILES string of the molecule is COC12CCC(c3ccc(C(=O)N[C@@H](CCCN)B(O)O)cc3)(CC1)CC2. The number of nitrogens with one attached hydrogen (secondary N) is 1. The molecular formula is C20H31BN2O4. The smallest absolute Gasteiger partial charge is 0.426 e. The second-order valence-corrected chi connectivity index (χ2v) is 8.17. The van der Waals surface area contributed by atoms with Crippen LogP contribution in [0.5, 0.6) is 0 Å². The minimum Gasteiger partial charge on any atom is -0.426 e. The standard InChI is InChI=1S/C20H31BN2O4/c1-27-20-11-8-19(9-12-20,10-13-20)16-6-4-15(5-7-16)18(24)23-17(21(25)26)3-2-14-22/h4-7,17,25-26H,2-3,8-14,22H2,1H3,(H,23,24)/t17-,19?,20?/m0/s1. The van der Waals surface area contributed by atoms with Gasteiger partial charge in [0.2, 0.25) is 0 Å². The Morgan fingerprint density at radius 1 is 1.19 bits per heavy atom. The summed E-state index contributed by atoms with van der Waals surface area (Å²) in [6.45, 7) is 0.445. The van der Waals surface area contributed by atoms with Gasteiger partial charge in [-0.15, -0.1) is 0 Å². The fourth-order valence-electron chi connectivity index (χ4n) is 4.75. The van der Waals surface area contributed by atoms with Crippen LogP contribution in [0.4, 0.5) is 0 Å². The highest BCUT2D eigenvalue weighted by molar-refractivity contribution is 6.43. The van der Waals surface area contributed by atoms with Gasteiger partial charge >= 0.3 is 7.12 Å². The van der Waals surface area contributed by atoms with Gasteiger partial charge in [0, 0.05) is 12.7 Å². The van der Waals surface area contributed by atoms with Gasteiger partial charge < -0.3 is 25.8 Å². The highest BCUT2D eigenvalue weighted by Gasteiger charge is 2.49. The van der Waals surface area contributed by atoms with E-state index in [9.17, 15) is 14.8 Å². The van der Waals surface area contributed by atoms with Crippen molar-refractivity contribution in [3.8, 4) is 0 Å². The first kappa shape index (κ1) is 20.3. The Balaban J connectivity index is 1.66. The Morgan fingerprint density at radius 2 is 1.78 bits per heavy atom. The van der Waals surface area contributed by atoms with Gasteiger partial charge in [-0.05, 0) is 81.0 Å². The number of carbonyl (C=O) groups excluding carboxylic acids is 1. The molecule has 0 aliphatic heterocycles. The van der Waals surface area contributed by atoms with Gasteiger partial charge in [0.1, 0.15) is 0 Å². The highest BCUT2D eigenvalue weighted by atomic mass is 16.5.